The second-order valence-corrected chi connectivity index (χ2v) is 9.35. The monoisotopic (exact) mass is 359 g/mol. The smallest absolute Gasteiger partial charge is 0.308 e. The zero-order chi connectivity index (χ0) is 18.1. The molecule has 0 bridgehead atoms. The predicted octanol–water partition coefficient (Wildman–Crippen LogP) is 1.50. The van der Waals surface area contributed by atoms with Crippen LogP contribution in [-0.2, 0) is 14.8 Å². The maximum atomic E-state index is 12.8. The van der Waals surface area contributed by atoms with Crippen LogP contribution in [0.2, 0.25) is 0 Å². The molecule has 0 aliphatic carbocycles. The first-order valence-corrected chi connectivity index (χ1v) is 10.4. The number of nitrogens with zero attached hydrogens (tertiary/aromatic N) is 3. The van der Waals surface area contributed by atoms with E-state index in [9.17, 15) is 18.0 Å². The molecule has 138 valence electrons. The molecule has 0 N–H and O–H groups in total. The van der Waals surface area contributed by atoms with Gasteiger partial charge in [0.25, 0.3) is 5.91 Å². The summed E-state index contributed by atoms with van der Waals surface area (Å²) in [6.45, 7) is 8.76. The van der Waals surface area contributed by atoms with Crippen LogP contribution in [0.1, 0.15) is 47.0 Å². The van der Waals surface area contributed by atoms with Crippen molar-refractivity contribution in [2.45, 2.75) is 52.5 Å². The molecule has 7 nitrogen and oxygen atoms in total. The van der Waals surface area contributed by atoms with Crippen molar-refractivity contribution in [1.29, 1.82) is 0 Å². The first-order chi connectivity index (χ1) is 11.1. The number of amides is 3. The quantitative estimate of drug-likeness (QED) is 0.673. The molecule has 1 atom stereocenters. The van der Waals surface area contributed by atoms with Crippen LogP contribution in [0.3, 0.4) is 0 Å². The van der Waals surface area contributed by atoms with Crippen LogP contribution in [0.15, 0.2) is 0 Å². The Morgan fingerprint density at radius 1 is 1.17 bits per heavy atom. The Morgan fingerprint density at radius 2 is 1.83 bits per heavy atom. The lowest BCUT2D eigenvalue weighted by Gasteiger charge is -2.28. The van der Waals surface area contributed by atoms with Crippen molar-refractivity contribution in [1.82, 2.24) is 14.1 Å². The number of carbonyl (C=O) groups excluding carboxylic acids is 2. The molecular formula is C16H29N3O4S. The SMILES string of the molecule is CCCCN1C(=O)N2CCN(S(=O)(=O)CC(C)C)CCC2(C)C1=O. The lowest BCUT2D eigenvalue weighted by Crippen LogP contribution is -2.47. The number of hydrogen-bond acceptors (Lipinski definition) is 4. The van der Waals surface area contributed by atoms with Gasteiger partial charge in [0.05, 0.1) is 5.75 Å². The predicted molar refractivity (Wildman–Crippen MR) is 91.9 cm³/mol. The highest BCUT2D eigenvalue weighted by atomic mass is 32.2. The topological polar surface area (TPSA) is 78.0 Å². The number of fused-ring (bicyclic) bond motifs is 1. The number of sulfonamides is 1. The van der Waals surface area contributed by atoms with E-state index in [4.69, 9.17) is 0 Å². The van der Waals surface area contributed by atoms with Crippen LogP contribution in [0.25, 0.3) is 0 Å². The molecule has 8 heteroatoms. The number of imide groups is 1. The van der Waals surface area contributed by atoms with Crippen molar-refractivity contribution in [3.63, 3.8) is 0 Å². The molecule has 0 aromatic carbocycles. The Bertz CT molecular complexity index is 604. The van der Waals surface area contributed by atoms with Gasteiger partial charge in [0.2, 0.25) is 10.0 Å². The number of urea groups is 1. The standard InChI is InChI=1S/C16H29N3O4S/c1-5-6-8-18-14(20)16(4)7-9-17(10-11-19(16)15(18)21)24(22,23)12-13(2)3/h13H,5-12H2,1-4H3. The molecule has 0 spiro atoms. The Kier molecular flexibility index (Phi) is 5.59. The molecule has 2 aliphatic heterocycles. The fourth-order valence-corrected chi connectivity index (χ4v) is 5.20. The number of hydrogen-bond donors (Lipinski definition) is 0. The first-order valence-electron chi connectivity index (χ1n) is 8.75. The fraction of sp³-hybridized carbons (Fsp3) is 0.875. The highest BCUT2D eigenvalue weighted by Crippen LogP contribution is 2.33. The van der Waals surface area contributed by atoms with Gasteiger partial charge in [-0.05, 0) is 25.7 Å². The van der Waals surface area contributed by atoms with E-state index >= 15 is 0 Å². The minimum Gasteiger partial charge on any atom is -0.308 e. The molecule has 2 saturated heterocycles. The molecule has 0 aromatic rings. The summed E-state index contributed by atoms with van der Waals surface area (Å²) >= 11 is 0. The first kappa shape index (κ1) is 19.2. The normalized spacial score (nSPS) is 26.2. The average Bonchev–Trinajstić information content (AvgIpc) is 2.62. The molecule has 2 fully saturated rings. The lowest BCUT2D eigenvalue weighted by atomic mass is 9.96. The Hall–Kier alpha value is -1.15. The van der Waals surface area contributed by atoms with Gasteiger partial charge < -0.3 is 4.90 Å². The number of carbonyl (C=O) groups is 2. The van der Waals surface area contributed by atoms with Crippen LogP contribution >= 0.6 is 0 Å². The van der Waals surface area contributed by atoms with Gasteiger partial charge in [-0.3, -0.25) is 9.69 Å². The average molecular weight is 359 g/mol. The summed E-state index contributed by atoms with van der Waals surface area (Å²) in [7, 11) is -3.36. The van der Waals surface area contributed by atoms with Crippen LogP contribution in [0, 0.1) is 5.92 Å². The van der Waals surface area contributed by atoms with Gasteiger partial charge in [-0.15, -0.1) is 0 Å². The van der Waals surface area contributed by atoms with Crippen molar-refractivity contribution in [3.05, 3.63) is 0 Å². The van der Waals surface area contributed by atoms with E-state index in [1.165, 1.54) is 9.21 Å². The Morgan fingerprint density at radius 3 is 2.42 bits per heavy atom. The third kappa shape index (κ3) is 3.44. The van der Waals surface area contributed by atoms with Gasteiger partial charge in [0.15, 0.2) is 0 Å². The molecule has 2 rings (SSSR count). The second kappa shape index (κ2) is 7.00. The molecule has 3 amide bonds. The van der Waals surface area contributed by atoms with Crippen LogP contribution in [0.5, 0.6) is 0 Å². The van der Waals surface area contributed by atoms with E-state index in [-0.39, 0.29) is 43.2 Å². The van der Waals surface area contributed by atoms with Crippen molar-refractivity contribution in [3.8, 4) is 0 Å². The molecule has 0 aromatic heterocycles. The minimum atomic E-state index is -3.36. The molecule has 0 saturated carbocycles. The fourth-order valence-electron chi connectivity index (χ4n) is 3.42. The molecule has 1 unspecified atom stereocenters. The van der Waals surface area contributed by atoms with Crippen molar-refractivity contribution >= 4 is 22.0 Å². The van der Waals surface area contributed by atoms with E-state index in [1.807, 2.05) is 20.8 Å². The highest BCUT2D eigenvalue weighted by Gasteiger charge is 2.55. The van der Waals surface area contributed by atoms with E-state index in [2.05, 4.69) is 0 Å². The summed E-state index contributed by atoms with van der Waals surface area (Å²) in [6, 6.07) is -0.279. The number of rotatable bonds is 6. The molecule has 2 aliphatic rings. The Balaban J connectivity index is 2.17. The zero-order valence-electron chi connectivity index (χ0n) is 15.1. The molecular weight excluding hydrogens is 330 g/mol. The van der Waals surface area contributed by atoms with Crippen molar-refractivity contribution < 1.29 is 18.0 Å². The maximum absolute atomic E-state index is 12.8. The summed E-state index contributed by atoms with van der Waals surface area (Å²) < 4.78 is 26.4. The van der Waals surface area contributed by atoms with Gasteiger partial charge in [-0.1, -0.05) is 27.2 Å². The van der Waals surface area contributed by atoms with Gasteiger partial charge >= 0.3 is 6.03 Å². The zero-order valence-corrected chi connectivity index (χ0v) is 15.9. The van der Waals surface area contributed by atoms with Crippen LogP contribution in [-0.4, -0.2) is 71.9 Å². The Labute approximate surface area is 145 Å². The van der Waals surface area contributed by atoms with E-state index in [0.29, 0.717) is 13.0 Å². The van der Waals surface area contributed by atoms with Gasteiger partial charge in [-0.2, -0.15) is 0 Å². The van der Waals surface area contributed by atoms with Crippen LogP contribution in [0.4, 0.5) is 4.79 Å². The van der Waals surface area contributed by atoms with Gasteiger partial charge in [0, 0.05) is 26.2 Å². The summed E-state index contributed by atoms with van der Waals surface area (Å²) in [5.41, 5.74) is -0.924. The minimum absolute atomic E-state index is 0.0430. The molecule has 2 heterocycles. The lowest BCUT2D eigenvalue weighted by molar-refractivity contribution is -0.132. The highest BCUT2D eigenvalue weighted by molar-refractivity contribution is 7.89. The van der Waals surface area contributed by atoms with Crippen LogP contribution < -0.4 is 0 Å². The molecule has 24 heavy (non-hydrogen) atoms. The van der Waals surface area contributed by atoms with E-state index in [1.54, 1.807) is 11.8 Å². The summed E-state index contributed by atoms with van der Waals surface area (Å²) in [4.78, 5) is 28.3. The summed E-state index contributed by atoms with van der Waals surface area (Å²) in [5.74, 6) is -0.0562. The largest absolute Gasteiger partial charge is 0.327 e. The third-order valence-corrected chi connectivity index (χ3v) is 7.10. The van der Waals surface area contributed by atoms with Gasteiger partial charge in [-0.25, -0.2) is 17.5 Å². The van der Waals surface area contributed by atoms with E-state index < -0.39 is 15.6 Å². The maximum Gasteiger partial charge on any atom is 0.327 e. The summed E-state index contributed by atoms with van der Waals surface area (Å²) in [6.07, 6.45) is 2.04. The van der Waals surface area contributed by atoms with E-state index in [0.717, 1.165) is 12.8 Å². The number of unbranched alkanes of at least 4 members (excludes halogenated alkanes) is 1. The summed E-state index contributed by atoms with van der Waals surface area (Å²) in [5, 5.41) is 0. The van der Waals surface area contributed by atoms with Crippen molar-refractivity contribution in [2.24, 2.45) is 5.92 Å². The third-order valence-electron chi connectivity index (χ3n) is 4.86. The second-order valence-electron chi connectivity index (χ2n) is 7.34. The van der Waals surface area contributed by atoms with Gasteiger partial charge in [0.1, 0.15) is 5.54 Å². The van der Waals surface area contributed by atoms with Crippen molar-refractivity contribution in [2.75, 3.05) is 31.9 Å². The molecule has 0 radical (unpaired) electrons.